The van der Waals surface area contributed by atoms with Gasteiger partial charge in [0.05, 0.1) is 10.4 Å². The third kappa shape index (κ3) is 2.77. The van der Waals surface area contributed by atoms with E-state index in [1.807, 2.05) is 6.07 Å². The van der Waals surface area contributed by atoms with Crippen molar-refractivity contribution in [3.63, 3.8) is 0 Å². The Balaban J connectivity index is 2.09. The Kier molecular flexibility index (Phi) is 3.41. The molecule has 3 aromatic rings. The van der Waals surface area contributed by atoms with Crippen LogP contribution in [0.4, 0.5) is 5.69 Å². The van der Waals surface area contributed by atoms with E-state index >= 15 is 0 Å². The lowest BCUT2D eigenvalue weighted by Gasteiger charge is -2.05. The third-order valence-corrected chi connectivity index (χ3v) is 3.83. The summed E-state index contributed by atoms with van der Waals surface area (Å²) < 4.78 is 0. The zero-order valence-corrected chi connectivity index (χ0v) is 11.4. The average molecular weight is 299 g/mol. The number of benzene rings is 2. The fourth-order valence-corrected chi connectivity index (χ4v) is 2.80. The molecule has 0 atom stereocenters. The topological polar surface area (TPSA) is 89.2 Å². The van der Waals surface area contributed by atoms with Gasteiger partial charge in [-0.2, -0.15) is 0 Å². The predicted octanol–water partition coefficient (Wildman–Crippen LogP) is 3.39. The number of hydrogen-bond acceptors (Lipinski definition) is 6. The highest BCUT2D eigenvalue weighted by molar-refractivity contribution is 7.99. The first kappa shape index (κ1) is 13.3. The Hall–Kier alpha value is -2.67. The minimum Gasteiger partial charge on any atom is -0.508 e. The molecule has 6 nitrogen and oxygen atoms in total. The van der Waals surface area contributed by atoms with Crippen LogP contribution in [0.2, 0.25) is 0 Å². The molecule has 0 spiro atoms. The fourth-order valence-electron chi connectivity index (χ4n) is 1.87. The van der Waals surface area contributed by atoms with Crippen molar-refractivity contribution in [2.24, 2.45) is 0 Å². The predicted molar refractivity (Wildman–Crippen MR) is 78.4 cm³/mol. The first-order chi connectivity index (χ1) is 10.1. The van der Waals surface area contributed by atoms with Gasteiger partial charge in [-0.15, -0.1) is 0 Å². The lowest BCUT2D eigenvalue weighted by Crippen LogP contribution is -1.91. The van der Waals surface area contributed by atoms with E-state index < -0.39 is 4.92 Å². The van der Waals surface area contributed by atoms with Crippen LogP contribution in [0.15, 0.2) is 58.7 Å². The molecule has 21 heavy (non-hydrogen) atoms. The zero-order valence-electron chi connectivity index (χ0n) is 10.6. The molecule has 7 heteroatoms. The summed E-state index contributed by atoms with van der Waals surface area (Å²) in [7, 11) is 0. The Morgan fingerprint density at radius 1 is 1.14 bits per heavy atom. The van der Waals surface area contributed by atoms with Crippen LogP contribution in [0.25, 0.3) is 10.9 Å². The number of non-ortho nitro benzene ring substituents is 1. The molecule has 0 bridgehead atoms. The van der Waals surface area contributed by atoms with Crippen molar-refractivity contribution in [2.45, 2.75) is 9.92 Å². The van der Waals surface area contributed by atoms with Gasteiger partial charge in [0.25, 0.3) is 5.69 Å². The summed E-state index contributed by atoms with van der Waals surface area (Å²) in [6.45, 7) is 0. The molecule has 1 heterocycles. The zero-order chi connectivity index (χ0) is 14.8. The summed E-state index contributed by atoms with van der Waals surface area (Å²) >= 11 is 1.32. The van der Waals surface area contributed by atoms with Gasteiger partial charge in [-0.05, 0) is 24.3 Å². The van der Waals surface area contributed by atoms with Gasteiger partial charge in [0.1, 0.15) is 17.1 Å². The number of nitrogens with zero attached hydrogens (tertiary/aromatic N) is 3. The van der Waals surface area contributed by atoms with Crippen LogP contribution < -0.4 is 0 Å². The molecule has 0 unspecified atom stereocenters. The molecule has 0 aliphatic carbocycles. The molecule has 0 fully saturated rings. The Morgan fingerprint density at radius 3 is 2.76 bits per heavy atom. The maximum Gasteiger partial charge on any atom is 0.270 e. The molecule has 2 aromatic carbocycles. The maximum atomic E-state index is 10.9. The number of phenolic OH excluding ortho intramolecular Hbond substituents is 1. The average Bonchev–Trinajstić information content (AvgIpc) is 2.47. The van der Waals surface area contributed by atoms with Gasteiger partial charge < -0.3 is 5.11 Å². The summed E-state index contributed by atoms with van der Waals surface area (Å²) in [5.41, 5.74) is 0.633. The number of aromatic nitrogens is 2. The summed E-state index contributed by atoms with van der Waals surface area (Å²) in [5.74, 6) is 0.157. The minimum absolute atomic E-state index is 0.00458. The highest BCUT2D eigenvalue weighted by Gasteiger charge is 2.11. The molecule has 3 rings (SSSR count). The molecule has 1 N–H and O–H groups in total. The molecule has 104 valence electrons. The smallest absolute Gasteiger partial charge is 0.270 e. The van der Waals surface area contributed by atoms with Crippen molar-refractivity contribution in [1.29, 1.82) is 0 Å². The highest BCUT2D eigenvalue weighted by Crippen LogP contribution is 2.33. The number of hydrogen-bond donors (Lipinski definition) is 1. The van der Waals surface area contributed by atoms with Crippen LogP contribution in [-0.4, -0.2) is 20.0 Å². The van der Waals surface area contributed by atoms with Crippen LogP contribution in [0, 0.1) is 10.1 Å². The largest absolute Gasteiger partial charge is 0.508 e. The van der Waals surface area contributed by atoms with E-state index in [0.717, 1.165) is 4.90 Å². The van der Waals surface area contributed by atoms with Gasteiger partial charge in [0, 0.05) is 22.4 Å². The van der Waals surface area contributed by atoms with E-state index in [2.05, 4.69) is 9.97 Å². The number of fused-ring (bicyclic) bond motifs is 1. The van der Waals surface area contributed by atoms with E-state index in [1.165, 1.54) is 30.2 Å². The lowest BCUT2D eigenvalue weighted by atomic mass is 10.2. The summed E-state index contributed by atoms with van der Waals surface area (Å²) in [6.07, 6.45) is 1.42. The van der Waals surface area contributed by atoms with Crippen LogP contribution in [0.5, 0.6) is 5.75 Å². The van der Waals surface area contributed by atoms with Crippen LogP contribution in [-0.2, 0) is 0 Å². The maximum absolute atomic E-state index is 10.9. The molecule has 1 aromatic heterocycles. The van der Waals surface area contributed by atoms with Crippen molar-refractivity contribution in [3.8, 4) is 5.75 Å². The van der Waals surface area contributed by atoms with Crippen LogP contribution in [0.1, 0.15) is 0 Å². The second kappa shape index (κ2) is 5.37. The van der Waals surface area contributed by atoms with Crippen molar-refractivity contribution in [1.82, 2.24) is 9.97 Å². The van der Waals surface area contributed by atoms with Gasteiger partial charge >= 0.3 is 0 Å². The van der Waals surface area contributed by atoms with E-state index in [9.17, 15) is 15.2 Å². The quantitative estimate of drug-likeness (QED) is 0.453. The van der Waals surface area contributed by atoms with Gasteiger partial charge in [0.2, 0.25) is 0 Å². The molecule has 0 aliphatic rings. The van der Waals surface area contributed by atoms with E-state index in [4.69, 9.17) is 0 Å². The van der Waals surface area contributed by atoms with E-state index in [1.54, 1.807) is 24.3 Å². The van der Waals surface area contributed by atoms with Gasteiger partial charge in [-0.3, -0.25) is 10.1 Å². The second-order valence-corrected chi connectivity index (χ2v) is 5.30. The SMILES string of the molecule is O=[N+]([O-])c1ccc2ncnc(Sc3cccc(O)c3)c2c1. The van der Waals surface area contributed by atoms with Gasteiger partial charge in [-0.1, -0.05) is 17.8 Å². The van der Waals surface area contributed by atoms with Gasteiger partial charge in [0.15, 0.2) is 0 Å². The molecule has 0 saturated heterocycles. The second-order valence-electron chi connectivity index (χ2n) is 4.24. The Morgan fingerprint density at radius 2 is 2.00 bits per heavy atom. The van der Waals surface area contributed by atoms with Gasteiger partial charge in [-0.25, -0.2) is 9.97 Å². The first-order valence-corrected chi connectivity index (χ1v) is 6.81. The lowest BCUT2D eigenvalue weighted by molar-refractivity contribution is -0.384. The molecular formula is C14H9N3O3S. The van der Waals surface area contributed by atoms with Crippen LogP contribution in [0.3, 0.4) is 0 Å². The number of rotatable bonds is 3. The number of nitro groups is 1. The number of phenols is 1. The Bertz CT molecular complexity index is 839. The molecule has 0 aliphatic heterocycles. The first-order valence-electron chi connectivity index (χ1n) is 5.99. The molecule has 0 saturated carbocycles. The van der Waals surface area contributed by atoms with Crippen molar-refractivity contribution in [3.05, 3.63) is 58.9 Å². The van der Waals surface area contributed by atoms with Crippen molar-refractivity contribution >= 4 is 28.4 Å². The van der Waals surface area contributed by atoms with Crippen LogP contribution >= 0.6 is 11.8 Å². The van der Waals surface area contributed by atoms with Crippen molar-refractivity contribution < 1.29 is 10.0 Å². The van der Waals surface area contributed by atoms with E-state index in [-0.39, 0.29) is 11.4 Å². The highest BCUT2D eigenvalue weighted by atomic mass is 32.2. The fraction of sp³-hybridized carbons (Fsp3) is 0. The minimum atomic E-state index is -0.449. The summed E-state index contributed by atoms with van der Waals surface area (Å²) in [6, 6.07) is 11.2. The van der Waals surface area contributed by atoms with E-state index in [0.29, 0.717) is 15.9 Å². The summed E-state index contributed by atoms with van der Waals surface area (Å²) in [5, 5.41) is 21.6. The molecular weight excluding hydrogens is 290 g/mol. The molecule has 0 radical (unpaired) electrons. The van der Waals surface area contributed by atoms with Crippen molar-refractivity contribution in [2.75, 3.05) is 0 Å². The number of nitro benzene ring substituents is 1. The normalized spacial score (nSPS) is 10.7. The molecule has 0 amide bonds. The number of aromatic hydroxyl groups is 1. The Labute approximate surface area is 123 Å². The third-order valence-electron chi connectivity index (χ3n) is 2.83. The standard InChI is InChI=1S/C14H9N3O3S/c18-10-2-1-3-11(7-10)21-14-12-6-9(17(19)20)4-5-13(12)15-8-16-14/h1-8,18H. The monoisotopic (exact) mass is 299 g/mol. The summed E-state index contributed by atoms with van der Waals surface area (Å²) in [4.78, 5) is 19.5.